The van der Waals surface area contributed by atoms with Crippen LogP contribution in [0.2, 0.25) is 0 Å². The first-order valence-corrected chi connectivity index (χ1v) is 7.20. The van der Waals surface area contributed by atoms with Crippen molar-refractivity contribution >= 4 is 15.7 Å². The van der Waals surface area contributed by atoms with E-state index in [9.17, 15) is 17.2 Å². The summed E-state index contributed by atoms with van der Waals surface area (Å²) in [6, 6.07) is 4.05. The first-order valence-electron chi connectivity index (χ1n) is 5.72. The largest absolute Gasteiger partial charge is 0.363 e. The van der Waals surface area contributed by atoms with Crippen LogP contribution in [0.5, 0.6) is 0 Å². The number of anilines is 1. The average Bonchev–Trinajstić information content (AvgIpc) is 2.83. The third kappa shape index (κ3) is 3.14. The fraction of sp³-hybridized carbons (Fsp3) is 0.167. The van der Waals surface area contributed by atoms with Crippen LogP contribution < -0.4 is 10.0 Å². The fourth-order valence-electron chi connectivity index (χ4n) is 1.64. The molecule has 108 valence electrons. The third-order valence-electron chi connectivity index (χ3n) is 2.57. The fourth-order valence-corrected chi connectivity index (χ4v) is 2.73. The summed E-state index contributed by atoms with van der Waals surface area (Å²) in [5, 5.41) is 2.87. The molecule has 1 aromatic heterocycles. The van der Waals surface area contributed by atoms with Crippen LogP contribution in [0.25, 0.3) is 0 Å². The van der Waals surface area contributed by atoms with Gasteiger partial charge in [-0.2, -0.15) is 0 Å². The van der Waals surface area contributed by atoms with Gasteiger partial charge in [0.25, 0.3) is 10.0 Å². The molecular formula is C12H13F2N3O2S. The minimum atomic E-state index is -3.92. The van der Waals surface area contributed by atoms with Crippen molar-refractivity contribution in [3.63, 3.8) is 0 Å². The predicted octanol–water partition coefficient (Wildman–Crippen LogP) is 1.81. The molecule has 0 saturated heterocycles. The maximum atomic E-state index is 13.4. The zero-order valence-corrected chi connectivity index (χ0v) is 11.4. The van der Waals surface area contributed by atoms with E-state index in [-0.39, 0.29) is 10.6 Å². The van der Waals surface area contributed by atoms with Gasteiger partial charge in [0.2, 0.25) is 0 Å². The number of sulfonamides is 1. The lowest BCUT2D eigenvalue weighted by Gasteiger charge is -2.07. The zero-order chi connectivity index (χ0) is 14.8. The summed E-state index contributed by atoms with van der Waals surface area (Å²) in [5.41, 5.74) is 0.371. The quantitative estimate of drug-likeness (QED) is 0.788. The van der Waals surface area contributed by atoms with Gasteiger partial charge >= 0.3 is 0 Å². The van der Waals surface area contributed by atoms with Crippen molar-refractivity contribution in [2.24, 2.45) is 0 Å². The van der Waals surface area contributed by atoms with Crippen LogP contribution in [0.3, 0.4) is 0 Å². The molecule has 0 saturated carbocycles. The summed E-state index contributed by atoms with van der Waals surface area (Å²) >= 11 is 0. The molecule has 1 heterocycles. The lowest BCUT2D eigenvalue weighted by Crippen LogP contribution is -2.13. The maximum absolute atomic E-state index is 13.4. The van der Waals surface area contributed by atoms with Crippen molar-refractivity contribution in [1.29, 1.82) is 0 Å². The van der Waals surface area contributed by atoms with E-state index in [0.29, 0.717) is 18.3 Å². The number of aromatic amines is 1. The summed E-state index contributed by atoms with van der Waals surface area (Å²) in [7, 11) is -2.19. The highest BCUT2D eigenvalue weighted by Gasteiger charge is 2.18. The lowest BCUT2D eigenvalue weighted by atomic mass is 10.3. The van der Waals surface area contributed by atoms with Crippen molar-refractivity contribution < 1.29 is 17.2 Å². The molecule has 0 aliphatic carbocycles. The van der Waals surface area contributed by atoms with E-state index in [1.54, 1.807) is 7.05 Å². The second-order valence-electron chi connectivity index (χ2n) is 4.12. The summed E-state index contributed by atoms with van der Waals surface area (Å²) in [6.45, 7) is 0.473. The smallest absolute Gasteiger partial charge is 0.263 e. The summed E-state index contributed by atoms with van der Waals surface area (Å²) < 4.78 is 52.4. The summed E-state index contributed by atoms with van der Waals surface area (Å²) in [6.07, 6.45) is 1.30. The number of nitrogens with one attached hydrogen (secondary N) is 3. The molecule has 8 heteroatoms. The van der Waals surface area contributed by atoms with E-state index in [2.05, 4.69) is 15.0 Å². The summed E-state index contributed by atoms with van der Waals surface area (Å²) in [5.74, 6) is -1.75. The number of rotatable bonds is 5. The van der Waals surface area contributed by atoms with E-state index in [0.717, 1.165) is 12.1 Å². The molecule has 0 unspecified atom stereocenters. The second-order valence-corrected chi connectivity index (χ2v) is 5.80. The number of hydrogen-bond acceptors (Lipinski definition) is 3. The van der Waals surface area contributed by atoms with Crippen LogP contribution in [-0.4, -0.2) is 20.4 Å². The van der Waals surface area contributed by atoms with Crippen LogP contribution >= 0.6 is 0 Å². The monoisotopic (exact) mass is 301 g/mol. The normalized spacial score (nSPS) is 11.6. The lowest BCUT2D eigenvalue weighted by molar-refractivity contribution is 0.583. The molecule has 0 atom stereocenters. The van der Waals surface area contributed by atoms with E-state index in [1.165, 1.54) is 12.3 Å². The predicted molar refractivity (Wildman–Crippen MR) is 70.7 cm³/mol. The zero-order valence-electron chi connectivity index (χ0n) is 10.6. The van der Waals surface area contributed by atoms with Gasteiger partial charge < -0.3 is 10.3 Å². The molecule has 0 radical (unpaired) electrons. The van der Waals surface area contributed by atoms with E-state index >= 15 is 0 Å². The van der Waals surface area contributed by atoms with Gasteiger partial charge in [-0.05, 0) is 25.2 Å². The van der Waals surface area contributed by atoms with Crippen LogP contribution in [0, 0.1) is 11.6 Å². The molecule has 2 aromatic rings. The Kier molecular flexibility index (Phi) is 4.05. The van der Waals surface area contributed by atoms with Crippen LogP contribution in [0.15, 0.2) is 35.4 Å². The van der Waals surface area contributed by atoms with Crippen molar-refractivity contribution in [2.75, 3.05) is 11.8 Å². The Morgan fingerprint density at radius 2 is 2.00 bits per heavy atom. The minimum absolute atomic E-state index is 0.0218. The SMILES string of the molecule is CNCc1cc(S(=O)(=O)Nc2ccc(F)cc2F)c[nH]1. The Morgan fingerprint density at radius 1 is 1.25 bits per heavy atom. The first-order chi connectivity index (χ1) is 9.42. The number of H-pyrrole nitrogens is 1. The number of benzene rings is 1. The molecule has 5 nitrogen and oxygen atoms in total. The Bertz CT molecular complexity index is 713. The Labute approximate surface area is 115 Å². The van der Waals surface area contributed by atoms with Gasteiger partial charge in [-0.25, -0.2) is 17.2 Å². The molecule has 20 heavy (non-hydrogen) atoms. The minimum Gasteiger partial charge on any atom is -0.363 e. The highest BCUT2D eigenvalue weighted by atomic mass is 32.2. The molecular weight excluding hydrogens is 288 g/mol. The second kappa shape index (κ2) is 5.59. The van der Waals surface area contributed by atoms with Gasteiger partial charge in [0, 0.05) is 24.5 Å². The van der Waals surface area contributed by atoms with Crippen molar-refractivity contribution in [2.45, 2.75) is 11.4 Å². The summed E-state index contributed by atoms with van der Waals surface area (Å²) in [4.78, 5) is 2.77. The van der Waals surface area contributed by atoms with E-state index in [4.69, 9.17) is 0 Å². The standard InChI is InChI=1S/C12H13F2N3O2S/c1-15-6-9-5-10(7-16-9)20(18,19)17-12-3-2-8(13)4-11(12)14/h2-5,7,15-17H,6H2,1H3. The van der Waals surface area contributed by atoms with Gasteiger partial charge in [0.1, 0.15) is 16.5 Å². The molecule has 2 rings (SSSR count). The van der Waals surface area contributed by atoms with Gasteiger partial charge in [0.15, 0.2) is 0 Å². The highest BCUT2D eigenvalue weighted by molar-refractivity contribution is 7.92. The molecule has 3 N–H and O–H groups in total. The molecule has 0 fully saturated rings. The molecule has 0 aliphatic rings. The molecule has 0 amide bonds. The van der Waals surface area contributed by atoms with Crippen LogP contribution in [0.4, 0.5) is 14.5 Å². The van der Waals surface area contributed by atoms with Crippen LogP contribution in [-0.2, 0) is 16.6 Å². The topological polar surface area (TPSA) is 74.0 Å². The van der Waals surface area contributed by atoms with E-state index in [1.807, 2.05) is 0 Å². The van der Waals surface area contributed by atoms with Gasteiger partial charge in [0.05, 0.1) is 5.69 Å². The Balaban J connectivity index is 2.26. The van der Waals surface area contributed by atoms with Gasteiger partial charge in [-0.3, -0.25) is 4.72 Å². The average molecular weight is 301 g/mol. The van der Waals surface area contributed by atoms with Crippen LogP contribution in [0.1, 0.15) is 5.69 Å². The molecule has 0 bridgehead atoms. The van der Waals surface area contributed by atoms with Crippen molar-refractivity contribution in [3.8, 4) is 0 Å². The number of halogens is 2. The van der Waals surface area contributed by atoms with Gasteiger partial charge in [-0.15, -0.1) is 0 Å². The highest BCUT2D eigenvalue weighted by Crippen LogP contribution is 2.20. The van der Waals surface area contributed by atoms with Crippen molar-refractivity contribution in [1.82, 2.24) is 10.3 Å². The third-order valence-corrected chi connectivity index (χ3v) is 3.91. The number of aromatic nitrogens is 1. The molecule has 0 aliphatic heterocycles. The maximum Gasteiger partial charge on any atom is 0.263 e. The Morgan fingerprint density at radius 3 is 2.65 bits per heavy atom. The number of hydrogen-bond donors (Lipinski definition) is 3. The van der Waals surface area contributed by atoms with Crippen molar-refractivity contribution in [3.05, 3.63) is 47.8 Å². The molecule has 1 aromatic carbocycles. The first kappa shape index (κ1) is 14.5. The van der Waals surface area contributed by atoms with E-state index < -0.39 is 21.7 Å². The Hall–Kier alpha value is -1.93. The van der Waals surface area contributed by atoms with Gasteiger partial charge in [-0.1, -0.05) is 0 Å². The molecule has 0 spiro atoms.